The Morgan fingerprint density at radius 2 is 1.78 bits per heavy atom. The molecule has 0 bridgehead atoms. The summed E-state index contributed by atoms with van der Waals surface area (Å²) in [5, 5.41) is 3.16. The van der Waals surface area contributed by atoms with E-state index in [4.69, 9.17) is 4.74 Å². The predicted octanol–water partition coefficient (Wildman–Crippen LogP) is 5.15. The molecule has 7 nitrogen and oxygen atoms in total. The molecule has 2 aliphatic rings. The number of esters is 1. The Labute approximate surface area is 239 Å². The molecule has 0 unspecified atom stereocenters. The molecule has 1 saturated carbocycles. The van der Waals surface area contributed by atoms with E-state index in [1.165, 1.54) is 12.7 Å². The average Bonchev–Trinajstić information content (AvgIpc) is 3.85. The Balaban J connectivity index is 1.28. The number of pyridine rings is 1. The van der Waals surface area contributed by atoms with Crippen LogP contribution in [0.25, 0.3) is 11.1 Å². The van der Waals surface area contributed by atoms with Crippen LogP contribution in [-0.4, -0.2) is 41.3 Å². The Bertz CT molecular complexity index is 1600. The molecule has 0 spiro atoms. The average molecular weight is 546 g/mol. The van der Waals surface area contributed by atoms with E-state index in [-0.39, 0.29) is 29.6 Å². The Kier molecular flexibility index (Phi) is 7.33. The quantitative estimate of drug-likeness (QED) is 0.325. The van der Waals surface area contributed by atoms with Gasteiger partial charge in [-0.3, -0.25) is 14.6 Å². The third kappa shape index (κ3) is 5.48. The summed E-state index contributed by atoms with van der Waals surface area (Å²) in [6, 6.07) is 27.0. The van der Waals surface area contributed by atoms with Gasteiger partial charge in [0.2, 0.25) is 5.91 Å². The molecule has 2 amide bonds. The fourth-order valence-corrected chi connectivity index (χ4v) is 5.80. The van der Waals surface area contributed by atoms with E-state index in [1.807, 2.05) is 53.4 Å². The number of hydrogen-bond acceptors (Lipinski definition) is 5. The number of amides is 2. The summed E-state index contributed by atoms with van der Waals surface area (Å²) >= 11 is 0. The lowest BCUT2D eigenvalue weighted by Gasteiger charge is -2.32. The first-order valence-corrected chi connectivity index (χ1v) is 13.9. The molecule has 1 aliphatic heterocycles. The first-order valence-electron chi connectivity index (χ1n) is 13.9. The van der Waals surface area contributed by atoms with Crippen molar-refractivity contribution in [3.05, 3.63) is 125 Å². The highest BCUT2D eigenvalue weighted by Crippen LogP contribution is 2.47. The Morgan fingerprint density at radius 3 is 2.56 bits per heavy atom. The van der Waals surface area contributed by atoms with Crippen LogP contribution in [0.5, 0.6) is 0 Å². The number of carbonyl (C=O) groups excluding carboxylic acids is 3. The molecule has 4 aromatic rings. The van der Waals surface area contributed by atoms with E-state index >= 15 is 0 Å². The number of fused-ring (bicyclic) bond motifs is 1. The maximum absolute atomic E-state index is 13.3. The Hall–Kier alpha value is -4.78. The number of benzene rings is 3. The minimum absolute atomic E-state index is 0.0178. The van der Waals surface area contributed by atoms with Gasteiger partial charge in [-0.05, 0) is 76.4 Å². The first-order chi connectivity index (χ1) is 20.0. The standard InChI is InChI=1S/C34H31N3O4/c1-41-34(40)24-11-7-10-23(18-24)26-14-13-25(20-36-32(38)29-19-28(29)22-8-3-2-4-9-22)30-21-37(17-15-27(26)30)33(39)31-12-5-6-16-35-31/h2-14,16,18,28-29H,15,17,19-21H2,1H3,(H,36,38)/t28-,29+/m0/s1. The van der Waals surface area contributed by atoms with E-state index in [2.05, 4.69) is 28.5 Å². The van der Waals surface area contributed by atoms with Gasteiger partial charge in [0.25, 0.3) is 5.91 Å². The summed E-state index contributed by atoms with van der Waals surface area (Å²) in [5.74, 6) is -0.203. The van der Waals surface area contributed by atoms with Crippen LogP contribution in [0.2, 0.25) is 0 Å². The van der Waals surface area contributed by atoms with Crippen LogP contribution in [0.3, 0.4) is 0 Å². The maximum atomic E-state index is 13.3. The zero-order chi connectivity index (χ0) is 28.3. The summed E-state index contributed by atoms with van der Waals surface area (Å²) in [7, 11) is 1.37. The van der Waals surface area contributed by atoms with Crippen molar-refractivity contribution >= 4 is 17.8 Å². The second kappa shape index (κ2) is 11.4. The van der Waals surface area contributed by atoms with Crippen LogP contribution in [-0.2, 0) is 29.0 Å². The van der Waals surface area contributed by atoms with Gasteiger partial charge in [0, 0.05) is 31.7 Å². The normalized spacial score (nSPS) is 17.3. The zero-order valence-electron chi connectivity index (χ0n) is 22.9. The smallest absolute Gasteiger partial charge is 0.337 e. The topological polar surface area (TPSA) is 88.6 Å². The van der Waals surface area contributed by atoms with Gasteiger partial charge < -0.3 is 15.0 Å². The van der Waals surface area contributed by atoms with Gasteiger partial charge in [-0.1, -0.05) is 60.7 Å². The van der Waals surface area contributed by atoms with Crippen molar-refractivity contribution in [2.45, 2.75) is 31.8 Å². The first kappa shape index (κ1) is 26.4. The maximum Gasteiger partial charge on any atom is 0.337 e. The summed E-state index contributed by atoms with van der Waals surface area (Å²) in [6.45, 7) is 1.34. The number of nitrogens with zero attached hydrogens (tertiary/aromatic N) is 2. The van der Waals surface area contributed by atoms with Crippen LogP contribution in [0, 0.1) is 5.92 Å². The number of carbonyl (C=O) groups is 3. The molecule has 2 heterocycles. The van der Waals surface area contributed by atoms with Gasteiger partial charge in [-0.2, -0.15) is 0 Å². The van der Waals surface area contributed by atoms with Crippen LogP contribution in [0.4, 0.5) is 0 Å². The van der Waals surface area contributed by atoms with Crippen molar-refractivity contribution in [3.8, 4) is 11.1 Å². The van der Waals surface area contributed by atoms with Crippen molar-refractivity contribution in [2.75, 3.05) is 13.7 Å². The zero-order valence-corrected chi connectivity index (χ0v) is 22.9. The highest BCUT2D eigenvalue weighted by molar-refractivity contribution is 5.93. The van der Waals surface area contributed by atoms with Crippen LogP contribution >= 0.6 is 0 Å². The summed E-state index contributed by atoms with van der Waals surface area (Å²) < 4.78 is 4.93. The third-order valence-corrected chi connectivity index (χ3v) is 8.08. The van der Waals surface area contributed by atoms with Crippen molar-refractivity contribution in [3.63, 3.8) is 0 Å². The van der Waals surface area contributed by atoms with Crippen LogP contribution in [0.15, 0.2) is 91.1 Å². The van der Waals surface area contributed by atoms with Gasteiger partial charge in [0.15, 0.2) is 0 Å². The molecule has 0 radical (unpaired) electrons. The number of ether oxygens (including phenoxy) is 1. The largest absolute Gasteiger partial charge is 0.465 e. The van der Waals surface area contributed by atoms with Crippen LogP contribution < -0.4 is 5.32 Å². The van der Waals surface area contributed by atoms with Gasteiger partial charge in [0.05, 0.1) is 12.7 Å². The molecule has 7 heteroatoms. The van der Waals surface area contributed by atoms with Gasteiger partial charge in [-0.15, -0.1) is 0 Å². The monoisotopic (exact) mass is 545 g/mol. The lowest BCUT2D eigenvalue weighted by molar-refractivity contribution is -0.122. The molecule has 2 atom stereocenters. The highest BCUT2D eigenvalue weighted by Gasteiger charge is 2.43. The van der Waals surface area contributed by atoms with Crippen molar-refractivity contribution in [1.82, 2.24) is 15.2 Å². The molecular weight excluding hydrogens is 514 g/mol. The fourth-order valence-electron chi connectivity index (χ4n) is 5.80. The minimum atomic E-state index is -0.388. The molecule has 206 valence electrons. The second-order valence-corrected chi connectivity index (χ2v) is 10.6. The van der Waals surface area contributed by atoms with Crippen molar-refractivity contribution in [1.29, 1.82) is 0 Å². The van der Waals surface area contributed by atoms with E-state index in [9.17, 15) is 14.4 Å². The summed E-state index contributed by atoms with van der Waals surface area (Å²) in [6.07, 6.45) is 3.13. The summed E-state index contributed by atoms with van der Waals surface area (Å²) in [5.41, 5.74) is 7.15. The Morgan fingerprint density at radius 1 is 0.951 bits per heavy atom. The van der Waals surface area contributed by atoms with E-state index in [0.29, 0.717) is 37.3 Å². The molecule has 0 saturated heterocycles. The lowest BCUT2D eigenvalue weighted by atomic mass is 9.87. The molecular formula is C34H31N3O4. The number of hydrogen-bond donors (Lipinski definition) is 1. The molecule has 41 heavy (non-hydrogen) atoms. The SMILES string of the molecule is COC(=O)c1cccc(-c2ccc(CNC(=O)[C@@H]3C[C@H]3c3ccccc3)c3c2CCN(C(=O)c2ccccn2)C3)c1. The number of methoxy groups -OCH3 is 1. The predicted molar refractivity (Wildman–Crippen MR) is 155 cm³/mol. The van der Waals surface area contributed by atoms with Gasteiger partial charge in [-0.25, -0.2) is 4.79 Å². The van der Waals surface area contributed by atoms with E-state index in [0.717, 1.165) is 34.2 Å². The third-order valence-electron chi connectivity index (χ3n) is 8.08. The van der Waals surface area contributed by atoms with E-state index < -0.39 is 0 Å². The molecule has 1 fully saturated rings. The molecule has 1 aromatic heterocycles. The summed E-state index contributed by atoms with van der Waals surface area (Å²) in [4.78, 5) is 44.7. The van der Waals surface area contributed by atoms with Crippen LogP contribution in [0.1, 0.15) is 55.4 Å². The lowest BCUT2D eigenvalue weighted by Crippen LogP contribution is -2.37. The fraction of sp³-hybridized carbons (Fsp3) is 0.235. The number of aromatic nitrogens is 1. The van der Waals surface area contributed by atoms with E-state index in [1.54, 1.807) is 24.4 Å². The minimum Gasteiger partial charge on any atom is -0.465 e. The van der Waals surface area contributed by atoms with Gasteiger partial charge in [0.1, 0.15) is 5.69 Å². The molecule has 1 N–H and O–H groups in total. The number of rotatable bonds is 7. The van der Waals surface area contributed by atoms with Crippen molar-refractivity contribution < 1.29 is 19.1 Å². The molecule has 1 aliphatic carbocycles. The second-order valence-electron chi connectivity index (χ2n) is 10.6. The van der Waals surface area contributed by atoms with Crippen molar-refractivity contribution in [2.24, 2.45) is 5.92 Å². The highest BCUT2D eigenvalue weighted by atomic mass is 16.5. The molecule has 3 aromatic carbocycles. The number of nitrogens with one attached hydrogen (secondary N) is 1. The molecule has 6 rings (SSSR count). The van der Waals surface area contributed by atoms with Gasteiger partial charge >= 0.3 is 5.97 Å².